The van der Waals surface area contributed by atoms with Crippen LogP contribution in [0.25, 0.3) is 11.9 Å². The zero-order valence-corrected chi connectivity index (χ0v) is 12.0. The first-order valence-electron chi connectivity index (χ1n) is 6.96. The summed E-state index contributed by atoms with van der Waals surface area (Å²) < 4.78 is 1.83. The van der Waals surface area contributed by atoms with Crippen molar-refractivity contribution < 1.29 is 0 Å². The molecule has 0 aromatic carbocycles. The maximum atomic E-state index is 5.90. The third-order valence-electron chi connectivity index (χ3n) is 3.64. The van der Waals surface area contributed by atoms with Gasteiger partial charge < -0.3 is 5.73 Å². The van der Waals surface area contributed by atoms with Crippen LogP contribution in [0, 0.1) is 0 Å². The fourth-order valence-corrected chi connectivity index (χ4v) is 2.49. The van der Waals surface area contributed by atoms with Crippen LogP contribution in [-0.2, 0) is 0 Å². The number of aromatic nitrogens is 3. The second-order valence-corrected chi connectivity index (χ2v) is 5.21. The van der Waals surface area contributed by atoms with Gasteiger partial charge in [0.05, 0.1) is 5.69 Å². The van der Waals surface area contributed by atoms with Gasteiger partial charge in [-0.2, -0.15) is 0 Å². The molecule has 0 amide bonds. The highest BCUT2D eigenvalue weighted by Gasteiger charge is 2.18. The fraction of sp³-hybridized carbons (Fsp3) is 0.176. The Morgan fingerprint density at radius 2 is 2.29 bits per heavy atom. The Hall–Kier alpha value is -2.62. The minimum Gasteiger partial charge on any atom is -0.382 e. The molecule has 4 nitrogen and oxygen atoms in total. The SMILES string of the molecule is C=Cc1ccnc(-n2nc(N)cc2C2C=CC(C)=CC2)c1. The Balaban J connectivity index is 2.03. The lowest BCUT2D eigenvalue weighted by Gasteiger charge is -2.16. The average molecular weight is 278 g/mol. The van der Waals surface area contributed by atoms with Crippen LogP contribution in [0.15, 0.2) is 54.8 Å². The Bertz CT molecular complexity index is 737. The first-order chi connectivity index (χ1) is 10.2. The van der Waals surface area contributed by atoms with Gasteiger partial charge >= 0.3 is 0 Å². The van der Waals surface area contributed by atoms with Gasteiger partial charge in [0.1, 0.15) is 5.82 Å². The molecule has 0 saturated heterocycles. The first kappa shape index (κ1) is 13.4. The van der Waals surface area contributed by atoms with Crippen molar-refractivity contribution in [1.29, 1.82) is 0 Å². The summed E-state index contributed by atoms with van der Waals surface area (Å²) in [7, 11) is 0. The van der Waals surface area contributed by atoms with E-state index in [-0.39, 0.29) is 5.92 Å². The van der Waals surface area contributed by atoms with Gasteiger partial charge in [0, 0.05) is 18.2 Å². The molecule has 0 fully saturated rings. The van der Waals surface area contributed by atoms with Crippen molar-refractivity contribution >= 4 is 11.9 Å². The van der Waals surface area contributed by atoms with Gasteiger partial charge in [-0.3, -0.25) is 0 Å². The zero-order valence-electron chi connectivity index (χ0n) is 12.0. The Labute approximate surface area is 124 Å². The molecule has 1 aliphatic carbocycles. The Morgan fingerprint density at radius 1 is 1.43 bits per heavy atom. The molecule has 1 aliphatic rings. The topological polar surface area (TPSA) is 56.7 Å². The van der Waals surface area contributed by atoms with Crippen LogP contribution in [0.3, 0.4) is 0 Å². The number of allylic oxidation sites excluding steroid dienone is 4. The van der Waals surface area contributed by atoms with E-state index in [2.05, 4.69) is 41.8 Å². The molecule has 2 aromatic heterocycles. The normalized spacial score (nSPS) is 17.6. The number of hydrogen-bond acceptors (Lipinski definition) is 3. The maximum absolute atomic E-state index is 5.90. The van der Waals surface area contributed by atoms with Crippen LogP contribution in [0.2, 0.25) is 0 Å². The van der Waals surface area contributed by atoms with Crippen molar-refractivity contribution in [2.75, 3.05) is 5.73 Å². The summed E-state index contributed by atoms with van der Waals surface area (Å²) in [6.07, 6.45) is 11.1. The monoisotopic (exact) mass is 278 g/mol. The lowest BCUT2D eigenvalue weighted by molar-refractivity contribution is 0.720. The molecule has 2 aromatic rings. The van der Waals surface area contributed by atoms with E-state index >= 15 is 0 Å². The van der Waals surface area contributed by atoms with Gasteiger partial charge in [-0.15, -0.1) is 5.10 Å². The number of anilines is 1. The standard InChI is InChI=1S/C17H18N4/c1-3-13-8-9-19-17(10-13)21-15(11-16(18)20-21)14-6-4-12(2)5-7-14/h3-6,8-11,14H,1,7H2,2H3,(H2,18,20). The van der Waals surface area contributed by atoms with E-state index in [4.69, 9.17) is 5.73 Å². The van der Waals surface area contributed by atoms with Gasteiger partial charge in [0.25, 0.3) is 0 Å². The molecular formula is C17H18N4. The predicted molar refractivity (Wildman–Crippen MR) is 86.1 cm³/mol. The molecule has 106 valence electrons. The first-order valence-corrected chi connectivity index (χ1v) is 6.96. The van der Waals surface area contributed by atoms with Crippen LogP contribution < -0.4 is 5.73 Å². The van der Waals surface area contributed by atoms with Crippen molar-refractivity contribution in [2.24, 2.45) is 0 Å². The molecular weight excluding hydrogens is 260 g/mol. The zero-order chi connectivity index (χ0) is 14.8. The van der Waals surface area contributed by atoms with Crippen LogP contribution in [0.1, 0.15) is 30.5 Å². The fourth-order valence-electron chi connectivity index (χ4n) is 2.49. The minimum absolute atomic E-state index is 0.271. The smallest absolute Gasteiger partial charge is 0.154 e. The van der Waals surface area contributed by atoms with E-state index in [9.17, 15) is 0 Å². The van der Waals surface area contributed by atoms with Gasteiger partial charge in [-0.25, -0.2) is 9.67 Å². The van der Waals surface area contributed by atoms with Crippen LogP contribution in [0.5, 0.6) is 0 Å². The molecule has 0 bridgehead atoms. The summed E-state index contributed by atoms with van der Waals surface area (Å²) >= 11 is 0. The molecule has 1 unspecified atom stereocenters. The number of nitrogen functional groups attached to an aromatic ring is 1. The minimum atomic E-state index is 0.271. The highest BCUT2D eigenvalue weighted by atomic mass is 15.3. The third-order valence-corrected chi connectivity index (χ3v) is 3.64. The summed E-state index contributed by atoms with van der Waals surface area (Å²) in [6.45, 7) is 5.90. The molecule has 3 rings (SSSR count). The second-order valence-electron chi connectivity index (χ2n) is 5.21. The lowest BCUT2D eigenvalue weighted by Crippen LogP contribution is -2.09. The van der Waals surface area contributed by atoms with Gasteiger partial charge in [-0.1, -0.05) is 36.5 Å². The number of rotatable bonds is 3. The molecule has 2 heterocycles. The second kappa shape index (κ2) is 5.40. The number of nitrogens with two attached hydrogens (primary N) is 1. The molecule has 4 heteroatoms. The van der Waals surface area contributed by atoms with Crippen LogP contribution in [0.4, 0.5) is 5.82 Å². The molecule has 0 spiro atoms. The van der Waals surface area contributed by atoms with Gasteiger partial charge in [-0.05, 0) is 31.0 Å². The van der Waals surface area contributed by atoms with E-state index in [0.717, 1.165) is 23.5 Å². The van der Waals surface area contributed by atoms with Crippen LogP contribution >= 0.6 is 0 Å². The molecule has 2 N–H and O–H groups in total. The lowest BCUT2D eigenvalue weighted by atomic mass is 9.94. The average Bonchev–Trinajstić information content (AvgIpc) is 2.90. The predicted octanol–water partition coefficient (Wildman–Crippen LogP) is 3.48. The molecule has 0 saturated carbocycles. The van der Waals surface area contributed by atoms with E-state index in [0.29, 0.717) is 5.82 Å². The van der Waals surface area contributed by atoms with E-state index in [1.807, 2.05) is 22.9 Å². The van der Waals surface area contributed by atoms with Crippen molar-refractivity contribution in [3.8, 4) is 5.82 Å². The van der Waals surface area contributed by atoms with Crippen molar-refractivity contribution in [3.63, 3.8) is 0 Å². The van der Waals surface area contributed by atoms with Crippen LogP contribution in [-0.4, -0.2) is 14.8 Å². The van der Waals surface area contributed by atoms with Crippen molar-refractivity contribution in [2.45, 2.75) is 19.3 Å². The summed E-state index contributed by atoms with van der Waals surface area (Å²) in [5.41, 5.74) is 9.26. The summed E-state index contributed by atoms with van der Waals surface area (Å²) in [4.78, 5) is 4.40. The van der Waals surface area contributed by atoms with Crippen molar-refractivity contribution in [3.05, 3.63) is 66.0 Å². The maximum Gasteiger partial charge on any atom is 0.154 e. The van der Waals surface area contributed by atoms with Gasteiger partial charge in [0.15, 0.2) is 5.82 Å². The van der Waals surface area contributed by atoms with E-state index in [1.54, 1.807) is 12.3 Å². The molecule has 21 heavy (non-hydrogen) atoms. The number of nitrogens with zero attached hydrogens (tertiary/aromatic N) is 3. The van der Waals surface area contributed by atoms with E-state index < -0.39 is 0 Å². The molecule has 0 aliphatic heterocycles. The number of hydrogen-bond donors (Lipinski definition) is 1. The van der Waals surface area contributed by atoms with Gasteiger partial charge in [0.2, 0.25) is 0 Å². The highest BCUT2D eigenvalue weighted by Crippen LogP contribution is 2.29. The summed E-state index contributed by atoms with van der Waals surface area (Å²) in [6, 6.07) is 5.79. The molecule has 1 atom stereocenters. The summed E-state index contributed by atoms with van der Waals surface area (Å²) in [5.74, 6) is 1.54. The number of pyridine rings is 1. The third kappa shape index (κ3) is 2.65. The van der Waals surface area contributed by atoms with Crippen molar-refractivity contribution in [1.82, 2.24) is 14.8 Å². The Kier molecular flexibility index (Phi) is 3.44. The Morgan fingerprint density at radius 3 is 3.00 bits per heavy atom. The quantitative estimate of drug-likeness (QED) is 0.935. The van der Waals surface area contributed by atoms with E-state index in [1.165, 1.54) is 5.57 Å². The highest BCUT2D eigenvalue weighted by molar-refractivity contribution is 5.50. The largest absolute Gasteiger partial charge is 0.382 e. The molecule has 0 radical (unpaired) electrons. The summed E-state index contributed by atoms with van der Waals surface area (Å²) in [5, 5.41) is 4.39.